The third-order valence-electron chi connectivity index (χ3n) is 16.3. The summed E-state index contributed by atoms with van der Waals surface area (Å²) in [6.07, 6.45) is 18.0. The van der Waals surface area contributed by atoms with Crippen LogP contribution in [0.1, 0.15) is 227 Å². The maximum Gasteiger partial charge on any atom is 0.226 e. The highest BCUT2D eigenvalue weighted by molar-refractivity contribution is 5.96. The molecule has 2 unspecified atom stereocenters. The topological polar surface area (TPSA) is 399 Å². The Kier molecular flexibility index (Phi) is 45.5. The van der Waals surface area contributed by atoms with E-state index in [9.17, 15) is 69.0 Å². The normalized spacial score (nSPS) is 15.5. The molecule has 88 heavy (non-hydrogen) atoms. The number of amides is 4. The number of hydrogen-bond donors (Lipinski definition) is 14. The van der Waals surface area contributed by atoms with Crippen LogP contribution in [0.15, 0.2) is 12.5 Å². The molecule has 0 aromatic carbocycles. The number of H-pyrrole nitrogens is 1. The molecule has 16 N–H and O–H groups in total. The minimum atomic E-state index is -1.48. The van der Waals surface area contributed by atoms with Crippen molar-refractivity contribution in [1.82, 2.24) is 36.6 Å². The van der Waals surface area contributed by atoms with Gasteiger partial charge in [-0.15, -0.1) is 0 Å². The van der Waals surface area contributed by atoms with Crippen molar-refractivity contribution in [2.24, 2.45) is 47.0 Å². The van der Waals surface area contributed by atoms with Crippen molar-refractivity contribution < 1.29 is 69.0 Å². The number of aliphatic hydroxyl groups is 6. The SMILES string of the molecule is CCCCCCCCCCCCCCCC(O)N[C@@H](CO)C(=O)C[C@@H](CCCCN)C(=O)N[C@@H](CC(C)C)C(=O)C[C@@H](CO)C(=O)N[C@@H](CC(C)C)C(O)C[C@@H](CO)C(=O)N[C@@H](Cc1cnc[nH]1)C(=O)C[C@@H](CO)C(=O)N[C@@H](CCCCN)C(=O)CCC. The molecule has 0 bridgehead atoms. The van der Waals surface area contributed by atoms with Crippen molar-refractivity contribution in [2.45, 2.75) is 270 Å². The maximum absolute atomic E-state index is 14.2. The number of aromatic nitrogens is 2. The van der Waals surface area contributed by atoms with Crippen molar-refractivity contribution in [2.75, 3.05) is 39.5 Å². The average molecular weight is 1250 g/mol. The van der Waals surface area contributed by atoms with Crippen LogP contribution in [0.2, 0.25) is 0 Å². The highest BCUT2D eigenvalue weighted by atomic mass is 16.3. The van der Waals surface area contributed by atoms with E-state index in [2.05, 4.69) is 43.5 Å². The molecule has 0 spiro atoms. The smallest absolute Gasteiger partial charge is 0.226 e. The number of hydrogen-bond acceptors (Lipinski definition) is 18. The van der Waals surface area contributed by atoms with Gasteiger partial charge in [-0.2, -0.15) is 0 Å². The molecular formula is C65H119N9O14. The number of unbranched alkanes of at least 4 members (excludes halogenated alkanes) is 14. The third-order valence-corrected chi connectivity index (χ3v) is 16.3. The third kappa shape index (κ3) is 35.1. The highest BCUT2D eigenvalue weighted by Gasteiger charge is 2.36. The molecule has 0 aliphatic heterocycles. The van der Waals surface area contributed by atoms with E-state index in [1.54, 1.807) is 0 Å². The Morgan fingerprint density at radius 1 is 0.477 bits per heavy atom. The van der Waals surface area contributed by atoms with Crippen LogP contribution in [0.5, 0.6) is 0 Å². The summed E-state index contributed by atoms with van der Waals surface area (Å²) in [5, 5.41) is 78.0. The van der Waals surface area contributed by atoms with E-state index in [-0.39, 0.29) is 56.1 Å². The number of carbonyl (C=O) groups is 8. The monoisotopic (exact) mass is 1250 g/mol. The summed E-state index contributed by atoms with van der Waals surface area (Å²) in [4.78, 5) is 117. The predicted octanol–water partition coefficient (Wildman–Crippen LogP) is 4.43. The lowest BCUT2D eigenvalue weighted by Gasteiger charge is -2.30. The molecule has 0 saturated heterocycles. The van der Waals surface area contributed by atoms with Gasteiger partial charge in [-0.1, -0.05) is 125 Å². The van der Waals surface area contributed by atoms with Crippen molar-refractivity contribution in [1.29, 1.82) is 0 Å². The van der Waals surface area contributed by atoms with E-state index >= 15 is 0 Å². The Morgan fingerprint density at radius 3 is 1.43 bits per heavy atom. The zero-order valence-electron chi connectivity index (χ0n) is 54.5. The van der Waals surface area contributed by atoms with Gasteiger partial charge < -0.3 is 68.4 Å². The summed E-state index contributed by atoms with van der Waals surface area (Å²) >= 11 is 0. The quantitative estimate of drug-likeness (QED) is 0.0317. The van der Waals surface area contributed by atoms with Gasteiger partial charge in [0.25, 0.3) is 0 Å². The zero-order chi connectivity index (χ0) is 65.8. The molecule has 0 aliphatic rings. The van der Waals surface area contributed by atoms with Crippen LogP contribution in [0.25, 0.3) is 0 Å². The number of nitrogens with two attached hydrogens (primary N) is 2. The predicted molar refractivity (Wildman–Crippen MR) is 340 cm³/mol. The summed E-state index contributed by atoms with van der Waals surface area (Å²) in [6, 6.07) is -5.48. The van der Waals surface area contributed by atoms with Gasteiger partial charge in [0, 0.05) is 49.9 Å². The average Bonchev–Trinajstić information content (AvgIpc) is 3.76. The standard InChI is InChI=1S/C65H119N9O14/c1-7-9-10-11-12-13-14-15-16-17-18-19-20-28-61(84)70-55(42-78)60(83)33-46(26-21-23-29-66)62(85)72-52(31-44(3)4)57(80)34-48(40-76)64(87)73-53(32-45(5)6)58(81)35-49(41-77)65(88)74-54(37-50-38-68-43-69-50)59(82)36-47(39-75)63(86)71-51(27-22-24-30-67)56(79)25-8-2/h38,43-49,51-55,58,61,70,75-78,81,84H,7-37,39-42,66-67H2,1-6H3,(H,68,69)(H,71,86)(H,72,85)(H,73,87)(H,74,88)/t46-,47+,48+,49+,51+,52+,53+,54+,55+,58?,61?/m1/s1. The number of Topliss-reactive ketones (excluding diaryl/α,β-unsaturated/α-hetero) is 4. The fraction of sp³-hybridized carbons (Fsp3) is 0.831. The van der Waals surface area contributed by atoms with Gasteiger partial charge >= 0.3 is 0 Å². The first-order chi connectivity index (χ1) is 42.1. The van der Waals surface area contributed by atoms with Gasteiger partial charge in [0.05, 0.1) is 86.8 Å². The lowest BCUT2D eigenvalue weighted by molar-refractivity contribution is -0.136. The lowest BCUT2D eigenvalue weighted by atomic mass is 9.89. The summed E-state index contributed by atoms with van der Waals surface area (Å²) in [7, 11) is 0. The summed E-state index contributed by atoms with van der Waals surface area (Å²) < 4.78 is 0. The van der Waals surface area contributed by atoms with Crippen LogP contribution >= 0.6 is 0 Å². The molecule has 0 aliphatic carbocycles. The van der Waals surface area contributed by atoms with Crippen LogP contribution in [0.4, 0.5) is 0 Å². The van der Waals surface area contributed by atoms with E-state index in [1.807, 2.05) is 34.6 Å². The summed E-state index contributed by atoms with van der Waals surface area (Å²) in [5.74, 6) is -9.99. The van der Waals surface area contributed by atoms with Gasteiger partial charge in [0.15, 0.2) is 23.1 Å². The Hall–Kier alpha value is -4.59. The number of ketones is 4. The number of carbonyl (C=O) groups excluding carboxylic acids is 8. The molecule has 0 fully saturated rings. The van der Waals surface area contributed by atoms with E-state index in [1.165, 1.54) is 70.3 Å². The van der Waals surface area contributed by atoms with E-state index < -0.39 is 153 Å². The van der Waals surface area contributed by atoms with Crippen LogP contribution < -0.4 is 38.1 Å². The van der Waals surface area contributed by atoms with E-state index in [0.29, 0.717) is 63.7 Å². The van der Waals surface area contributed by atoms with Crippen molar-refractivity contribution in [3.8, 4) is 0 Å². The second kappa shape index (κ2) is 49.2. The second-order valence-corrected chi connectivity index (χ2v) is 25.2. The molecule has 508 valence electrons. The summed E-state index contributed by atoms with van der Waals surface area (Å²) in [5.41, 5.74) is 11.9. The van der Waals surface area contributed by atoms with Gasteiger partial charge in [-0.05, 0) is 95.6 Å². The van der Waals surface area contributed by atoms with E-state index in [0.717, 1.165) is 25.7 Å². The minimum absolute atomic E-state index is 0.125. The number of nitrogens with one attached hydrogen (secondary N) is 6. The maximum atomic E-state index is 14.2. The Balaban J connectivity index is 3.15. The molecule has 1 rings (SSSR count). The first-order valence-electron chi connectivity index (χ1n) is 33.4. The molecule has 0 saturated carbocycles. The van der Waals surface area contributed by atoms with Crippen LogP contribution in [0, 0.1) is 35.5 Å². The molecule has 23 nitrogen and oxygen atoms in total. The lowest BCUT2D eigenvalue weighted by Crippen LogP contribution is -2.51. The van der Waals surface area contributed by atoms with Crippen molar-refractivity contribution >= 4 is 46.8 Å². The minimum Gasteiger partial charge on any atom is -0.396 e. The number of aliphatic hydroxyl groups excluding tert-OH is 6. The molecule has 1 aromatic rings. The fourth-order valence-corrected chi connectivity index (χ4v) is 11.0. The number of rotatable bonds is 57. The molecule has 1 heterocycles. The first kappa shape index (κ1) is 81.4. The molecule has 23 heteroatoms. The van der Waals surface area contributed by atoms with Crippen molar-refractivity contribution in [3.05, 3.63) is 18.2 Å². The van der Waals surface area contributed by atoms with Crippen LogP contribution in [-0.4, -0.2) is 169 Å². The number of nitrogens with zero attached hydrogens (tertiary/aromatic N) is 1. The zero-order valence-corrected chi connectivity index (χ0v) is 54.5. The van der Waals surface area contributed by atoms with Gasteiger partial charge in [0.2, 0.25) is 23.6 Å². The Morgan fingerprint density at radius 2 is 0.932 bits per heavy atom. The van der Waals surface area contributed by atoms with Gasteiger partial charge in [-0.25, -0.2) is 4.98 Å². The first-order valence-corrected chi connectivity index (χ1v) is 33.4. The van der Waals surface area contributed by atoms with Crippen LogP contribution in [-0.2, 0) is 44.8 Å². The number of imidazole rings is 1. The van der Waals surface area contributed by atoms with Crippen LogP contribution in [0.3, 0.4) is 0 Å². The molecular weight excluding hydrogens is 1130 g/mol. The molecule has 1 aromatic heterocycles. The number of aromatic amines is 1. The Bertz CT molecular complexity index is 2080. The molecule has 0 radical (unpaired) electrons. The van der Waals surface area contributed by atoms with E-state index in [4.69, 9.17) is 11.5 Å². The Labute approximate surface area is 525 Å². The molecule has 11 atom stereocenters. The fourth-order valence-electron chi connectivity index (χ4n) is 11.0. The van der Waals surface area contributed by atoms with Gasteiger partial charge in [0.1, 0.15) is 6.23 Å². The van der Waals surface area contributed by atoms with Gasteiger partial charge in [-0.3, -0.25) is 43.7 Å². The van der Waals surface area contributed by atoms with Crippen molar-refractivity contribution in [3.63, 3.8) is 0 Å². The largest absolute Gasteiger partial charge is 0.396 e. The molecule has 4 amide bonds. The second-order valence-electron chi connectivity index (χ2n) is 25.2. The summed E-state index contributed by atoms with van der Waals surface area (Å²) in [6.45, 7) is 9.21. The highest BCUT2D eigenvalue weighted by Crippen LogP contribution is 2.22.